The Morgan fingerprint density at radius 2 is 1.06 bits per heavy atom. The zero-order chi connectivity index (χ0) is 25.3. The highest BCUT2D eigenvalue weighted by Gasteiger charge is 2.25. The molecule has 184 valence electrons. The molecule has 34 heavy (non-hydrogen) atoms. The van der Waals surface area contributed by atoms with E-state index in [1.807, 2.05) is 24.3 Å². The molecule has 0 heterocycles. The molecule has 0 radical (unpaired) electrons. The molecule has 0 aromatic heterocycles. The first-order valence-corrected chi connectivity index (χ1v) is 13.5. The molecule has 6 heteroatoms. The first-order chi connectivity index (χ1) is 15.8. The number of hydrogen-bond acceptors (Lipinski definition) is 4. The minimum Gasteiger partial charge on any atom is -0.507 e. The normalized spacial score (nSPS) is 19.9. The minimum atomic E-state index is -0.175. The molecule has 1 aliphatic carbocycles. The summed E-state index contributed by atoms with van der Waals surface area (Å²) in [5.41, 5.74) is 2.86. The van der Waals surface area contributed by atoms with Gasteiger partial charge in [0.2, 0.25) is 0 Å². The van der Waals surface area contributed by atoms with Crippen LogP contribution in [0, 0.1) is 0 Å². The Kier molecular flexibility index (Phi) is 8.34. The van der Waals surface area contributed by atoms with Crippen molar-refractivity contribution in [2.24, 2.45) is 9.98 Å². The Bertz CT molecular complexity index is 1010. The van der Waals surface area contributed by atoms with Crippen LogP contribution in [0.4, 0.5) is 0 Å². The van der Waals surface area contributed by atoms with Crippen molar-refractivity contribution in [2.75, 3.05) is 0 Å². The third-order valence-electron chi connectivity index (χ3n) is 6.33. The van der Waals surface area contributed by atoms with Gasteiger partial charge < -0.3 is 10.2 Å². The van der Waals surface area contributed by atoms with Crippen LogP contribution in [0.3, 0.4) is 0 Å². The van der Waals surface area contributed by atoms with Gasteiger partial charge in [0, 0.05) is 43.6 Å². The lowest BCUT2D eigenvalue weighted by Gasteiger charge is -2.26. The quantitative estimate of drug-likeness (QED) is 0.353. The lowest BCUT2D eigenvalue weighted by atomic mass is 9.85. The molecule has 0 spiro atoms. The number of aromatic hydroxyl groups is 2. The average molecular weight is 592 g/mol. The number of halogens is 2. The van der Waals surface area contributed by atoms with Crippen LogP contribution in [-0.4, -0.2) is 34.7 Å². The Hall–Kier alpha value is -1.66. The Balaban J connectivity index is 1.88. The summed E-state index contributed by atoms with van der Waals surface area (Å²) in [6.07, 6.45) is 7.72. The van der Waals surface area contributed by atoms with Crippen molar-refractivity contribution in [3.8, 4) is 11.5 Å². The average Bonchev–Trinajstić information content (AvgIpc) is 2.73. The molecule has 2 N–H and O–H groups in total. The van der Waals surface area contributed by atoms with Crippen LogP contribution in [0.15, 0.2) is 43.2 Å². The van der Waals surface area contributed by atoms with Crippen molar-refractivity contribution in [3.05, 3.63) is 55.5 Å². The van der Waals surface area contributed by atoms with Crippen LogP contribution < -0.4 is 0 Å². The van der Waals surface area contributed by atoms with Crippen LogP contribution in [-0.2, 0) is 10.8 Å². The molecular formula is C28H36Br2N2O2. The summed E-state index contributed by atoms with van der Waals surface area (Å²) < 4.78 is 1.85. The molecule has 3 rings (SSSR count). The summed E-state index contributed by atoms with van der Waals surface area (Å²) >= 11 is 7.15. The SMILES string of the molecule is CC(C)(C)c1cc(Br)cc(C=NC2CCCC[C@H]2N=Cc2cc(Br)cc(C(C)(C)C)c2O)c1O. The molecule has 1 aliphatic rings. The van der Waals surface area contributed by atoms with Crippen molar-refractivity contribution in [3.63, 3.8) is 0 Å². The third kappa shape index (κ3) is 6.51. The Labute approximate surface area is 220 Å². The molecular weight excluding hydrogens is 556 g/mol. The maximum Gasteiger partial charge on any atom is 0.128 e. The summed E-state index contributed by atoms with van der Waals surface area (Å²) in [6.45, 7) is 12.5. The van der Waals surface area contributed by atoms with E-state index in [4.69, 9.17) is 9.98 Å². The van der Waals surface area contributed by atoms with Crippen LogP contribution >= 0.6 is 31.9 Å². The Morgan fingerprint density at radius 3 is 1.38 bits per heavy atom. The van der Waals surface area contributed by atoms with Gasteiger partial charge in [-0.1, -0.05) is 86.2 Å². The number of rotatable bonds is 4. The van der Waals surface area contributed by atoms with E-state index in [-0.39, 0.29) is 34.4 Å². The largest absolute Gasteiger partial charge is 0.507 e. The van der Waals surface area contributed by atoms with Gasteiger partial charge >= 0.3 is 0 Å². The van der Waals surface area contributed by atoms with Crippen LogP contribution in [0.5, 0.6) is 11.5 Å². The molecule has 0 bridgehead atoms. The molecule has 4 nitrogen and oxygen atoms in total. The fraction of sp³-hybridized carbons (Fsp3) is 0.500. The number of phenolic OH excluding ortho intramolecular Hbond substituents is 2. The lowest BCUT2D eigenvalue weighted by Crippen LogP contribution is -2.27. The van der Waals surface area contributed by atoms with E-state index >= 15 is 0 Å². The van der Waals surface area contributed by atoms with Crippen LogP contribution in [0.2, 0.25) is 0 Å². The van der Waals surface area contributed by atoms with E-state index in [2.05, 4.69) is 73.4 Å². The van der Waals surface area contributed by atoms with Crippen LogP contribution in [0.1, 0.15) is 89.5 Å². The van der Waals surface area contributed by atoms with E-state index in [0.29, 0.717) is 11.1 Å². The highest BCUT2D eigenvalue weighted by atomic mass is 79.9. The fourth-order valence-electron chi connectivity index (χ4n) is 4.37. The van der Waals surface area contributed by atoms with Crippen molar-refractivity contribution in [1.29, 1.82) is 0 Å². The summed E-state index contributed by atoms with van der Waals surface area (Å²) in [6, 6.07) is 7.83. The standard InChI is InChI=1S/C28H36Br2N2O2/c1-27(2,3)21-13-19(29)11-17(25(21)33)15-31-23-9-7-8-10-24(23)32-16-18-12-20(30)14-22(26(18)34)28(4,5)6/h11-16,23-24,33-34H,7-10H2,1-6H3/t23-,24?/m1/s1. The predicted octanol–water partition coefficient (Wildman–Crippen LogP) is 8.07. The van der Waals surface area contributed by atoms with Crippen molar-refractivity contribution < 1.29 is 10.2 Å². The number of phenols is 2. The first-order valence-electron chi connectivity index (χ1n) is 11.9. The predicted molar refractivity (Wildman–Crippen MR) is 150 cm³/mol. The smallest absolute Gasteiger partial charge is 0.128 e. The Morgan fingerprint density at radius 1 is 0.706 bits per heavy atom. The molecule has 1 fully saturated rings. The molecule has 2 aromatic carbocycles. The molecule has 0 saturated heterocycles. The second kappa shape index (κ2) is 10.5. The molecule has 0 aliphatic heterocycles. The van der Waals surface area contributed by atoms with Gasteiger partial charge in [-0.15, -0.1) is 0 Å². The summed E-state index contributed by atoms with van der Waals surface area (Å²) in [7, 11) is 0. The molecule has 1 saturated carbocycles. The van der Waals surface area contributed by atoms with Gasteiger partial charge in [-0.3, -0.25) is 9.98 Å². The third-order valence-corrected chi connectivity index (χ3v) is 7.24. The van der Waals surface area contributed by atoms with Crippen molar-refractivity contribution in [1.82, 2.24) is 0 Å². The van der Waals surface area contributed by atoms with Gasteiger partial charge in [-0.2, -0.15) is 0 Å². The number of nitrogens with zero attached hydrogens (tertiary/aromatic N) is 2. The first kappa shape index (κ1) is 26.9. The van der Waals surface area contributed by atoms with Gasteiger partial charge in [-0.25, -0.2) is 0 Å². The van der Waals surface area contributed by atoms with E-state index in [1.54, 1.807) is 12.4 Å². The molecule has 2 aromatic rings. The zero-order valence-corrected chi connectivity index (χ0v) is 24.2. The van der Waals surface area contributed by atoms with Gasteiger partial charge in [0.05, 0.1) is 12.1 Å². The fourth-order valence-corrected chi connectivity index (χ4v) is 5.32. The topological polar surface area (TPSA) is 65.2 Å². The van der Waals surface area contributed by atoms with Crippen molar-refractivity contribution >= 4 is 44.3 Å². The highest BCUT2D eigenvalue weighted by Crippen LogP contribution is 2.37. The van der Waals surface area contributed by atoms with E-state index in [1.165, 1.54) is 0 Å². The van der Waals surface area contributed by atoms with E-state index in [0.717, 1.165) is 45.8 Å². The van der Waals surface area contributed by atoms with Gasteiger partial charge in [0.1, 0.15) is 11.5 Å². The summed E-state index contributed by atoms with van der Waals surface area (Å²) in [5.74, 6) is 0.563. The maximum atomic E-state index is 10.9. The monoisotopic (exact) mass is 590 g/mol. The molecule has 1 unspecified atom stereocenters. The second-order valence-electron chi connectivity index (χ2n) is 11.3. The zero-order valence-electron chi connectivity index (χ0n) is 21.0. The van der Waals surface area contributed by atoms with Gasteiger partial charge in [0.25, 0.3) is 0 Å². The van der Waals surface area contributed by atoms with Gasteiger partial charge in [0.15, 0.2) is 0 Å². The number of aliphatic imine (C=N–C) groups is 2. The lowest BCUT2D eigenvalue weighted by molar-refractivity contribution is 0.390. The minimum absolute atomic E-state index is 0.0397. The highest BCUT2D eigenvalue weighted by molar-refractivity contribution is 9.10. The van der Waals surface area contributed by atoms with Gasteiger partial charge in [-0.05, 0) is 47.9 Å². The second-order valence-corrected chi connectivity index (χ2v) is 13.1. The van der Waals surface area contributed by atoms with E-state index in [9.17, 15) is 10.2 Å². The van der Waals surface area contributed by atoms with Crippen molar-refractivity contribution in [2.45, 2.75) is 90.1 Å². The summed E-state index contributed by atoms with van der Waals surface area (Å²) in [5, 5.41) is 21.7. The molecule has 2 atom stereocenters. The van der Waals surface area contributed by atoms with E-state index < -0.39 is 0 Å². The number of benzene rings is 2. The molecule has 0 amide bonds. The summed E-state index contributed by atoms with van der Waals surface area (Å²) in [4.78, 5) is 9.76. The van der Waals surface area contributed by atoms with Crippen LogP contribution in [0.25, 0.3) is 0 Å². The maximum absolute atomic E-state index is 10.9. The number of hydrogen-bond donors (Lipinski definition) is 2.